The maximum atomic E-state index is 10.7. The smallest absolute Gasteiger partial charge is 0.150 e. The first-order chi connectivity index (χ1) is 12.6. The number of benzene rings is 2. The topological polar surface area (TPSA) is 23.6 Å². The van der Waals surface area contributed by atoms with Gasteiger partial charge in [0.2, 0.25) is 0 Å². The van der Waals surface area contributed by atoms with Gasteiger partial charge < -0.3 is 9.80 Å². The monoisotopic (exact) mass is 386 g/mol. The summed E-state index contributed by atoms with van der Waals surface area (Å²) in [5.41, 5.74) is 4.25. The molecule has 0 aliphatic rings. The van der Waals surface area contributed by atoms with Crippen LogP contribution in [0, 0.1) is 0 Å². The van der Waals surface area contributed by atoms with Gasteiger partial charge in [-0.1, -0.05) is 46.4 Å². The third-order valence-electron chi connectivity index (χ3n) is 4.14. The lowest BCUT2D eigenvalue weighted by molar-refractivity contribution is 0.112. The summed E-state index contributed by atoms with van der Waals surface area (Å²) < 4.78 is 0. The van der Waals surface area contributed by atoms with Crippen LogP contribution in [0.2, 0.25) is 0 Å². The van der Waals surface area contributed by atoms with E-state index < -0.39 is 0 Å². The molecule has 0 fully saturated rings. The van der Waals surface area contributed by atoms with Gasteiger partial charge in [-0.3, -0.25) is 4.79 Å². The van der Waals surface area contributed by atoms with E-state index in [1.54, 1.807) is 0 Å². The average molecular weight is 387 g/mol. The minimum atomic E-state index is 0.718. The lowest BCUT2D eigenvalue weighted by atomic mass is 10.2. The van der Waals surface area contributed by atoms with E-state index in [2.05, 4.69) is 54.7 Å². The molecular weight excluding hydrogens is 360 g/mol. The lowest BCUT2D eigenvalue weighted by Gasteiger charge is -2.20. The summed E-state index contributed by atoms with van der Waals surface area (Å²) in [5.74, 6) is 2.15. The third-order valence-corrected chi connectivity index (χ3v) is 6.51. The van der Waals surface area contributed by atoms with Crippen molar-refractivity contribution in [2.75, 3.05) is 48.5 Å². The van der Waals surface area contributed by atoms with Crippen molar-refractivity contribution in [3.05, 3.63) is 66.2 Å². The van der Waals surface area contributed by atoms with Crippen molar-refractivity contribution in [2.24, 2.45) is 0 Å². The van der Waals surface area contributed by atoms with Gasteiger partial charge >= 0.3 is 0 Å². The first kappa shape index (κ1) is 20.5. The van der Waals surface area contributed by atoms with Crippen LogP contribution in [-0.2, 0) is 0 Å². The van der Waals surface area contributed by atoms with E-state index in [-0.39, 0.29) is 0 Å². The average Bonchev–Trinajstić information content (AvgIpc) is 2.70. The molecule has 2 aromatic rings. The van der Waals surface area contributed by atoms with Crippen LogP contribution in [0.1, 0.15) is 15.9 Å². The molecule has 0 saturated carbocycles. The van der Waals surface area contributed by atoms with E-state index in [1.165, 1.54) is 5.69 Å². The van der Waals surface area contributed by atoms with Crippen LogP contribution in [0.15, 0.2) is 55.1 Å². The highest BCUT2D eigenvalue weighted by molar-refractivity contribution is 8.76. The molecule has 138 valence electrons. The SMILES string of the molecule is C=Cc1ccc(N(C)CCSSCCN(C)c2ccc(C=O)cc2)cc1. The lowest BCUT2D eigenvalue weighted by Crippen LogP contribution is -2.21. The van der Waals surface area contributed by atoms with Crippen LogP contribution in [0.4, 0.5) is 11.4 Å². The van der Waals surface area contributed by atoms with E-state index in [0.29, 0.717) is 0 Å². The largest absolute Gasteiger partial charge is 0.374 e. The Kier molecular flexibility index (Phi) is 8.65. The number of rotatable bonds is 11. The summed E-state index contributed by atoms with van der Waals surface area (Å²) in [5, 5.41) is 0. The number of hydrogen-bond acceptors (Lipinski definition) is 5. The number of anilines is 2. The number of hydrogen-bond donors (Lipinski definition) is 0. The van der Waals surface area contributed by atoms with E-state index in [9.17, 15) is 4.79 Å². The second-order valence-electron chi connectivity index (χ2n) is 5.99. The second-order valence-corrected chi connectivity index (χ2v) is 8.69. The van der Waals surface area contributed by atoms with Crippen molar-refractivity contribution in [3.63, 3.8) is 0 Å². The number of carbonyl (C=O) groups excluding carboxylic acids is 1. The second kappa shape index (κ2) is 11.0. The van der Waals surface area contributed by atoms with Crippen molar-refractivity contribution < 1.29 is 4.79 Å². The van der Waals surface area contributed by atoms with E-state index in [0.717, 1.165) is 47.7 Å². The fourth-order valence-corrected chi connectivity index (χ4v) is 4.48. The molecule has 0 heterocycles. The zero-order valence-electron chi connectivity index (χ0n) is 15.4. The van der Waals surface area contributed by atoms with Crippen molar-refractivity contribution >= 4 is 45.3 Å². The van der Waals surface area contributed by atoms with Crippen molar-refractivity contribution in [2.45, 2.75) is 0 Å². The molecular formula is C21H26N2OS2. The minimum Gasteiger partial charge on any atom is -0.374 e. The van der Waals surface area contributed by atoms with Gasteiger partial charge in [0.25, 0.3) is 0 Å². The Balaban J connectivity index is 1.62. The van der Waals surface area contributed by atoms with E-state index in [4.69, 9.17) is 0 Å². The molecule has 26 heavy (non-hydrogen) atoms. The molecule has 0 aliphatic carbocycles. The first-order valence-electron chi connectivity index (χ1n) is 8.58. The quantitative estimate of drug-likeness (QED) is 0.304. The Hall–Kier alpha value is -1.85. The number of nitrogens with zero attached hydrogens (tertiary/aromatic N) is 2. The molecule has 5 heteroatoms. The fraction of sp³-hybridized carbons (Fsp3) is 0.286. The van der Waals surface area contributed by atoms with Gasteiger partial charge in [0.05, 0.1) is 0 Å². The summed E-state index contributed by atoms with van der Waals surface area (Å²) in [4.78, 5) is 15.2. The standard InChI is InChI=1S/C21H26N2OS2/c1-4-18-5-9-20(10-6-18)22(2)13-15-25-26-16-14-23(3)21-11-7-19(17-24)8-12-21/h4-12,17H,1,13-16H2,2-3H3. The molecule has 2 rings (SSSR count). The number of aldehydes is 1. The molecule has 0 aromatic heterocycles. The molecule has 0 atom stereocenters. The predicted octanol–water partition coefficient (Wildman–Crippen LogP) is 5.10. The minimum absolute atomic E-state index is 0.718. The predicted molar refractivity (Wildman–Crippen MR) is 120 cm³/mol. The Morgan fingerprint density at radius 2 is 1.23 bits per heavy atom. The molecule has 3 nitrogen and oxygen atoms in total. The summed E-state index contributed by atoms with van der Waals surface area (Å²) in [7, 11) is 8.03. The molecule has 2 aromatic carbocycles. The van der Waals surface area contributed by atoms with E-state index in [1.807, 2.05) is 51.9 Å². The van der Waals surface area contributed by atoms with Crippen LogP contribution in [0.5, 0.6) is 0 Å². The Bertz CT molecular complexity index is 625. The molecule has 0 N–H and O–H groups in total. The highest BCUT2D eigenvalue weighted by Crippen LogP contribution is 2.23. The van der Waals surface area contributed by atoms with Crippen molar-refractivity contribution in [1.82, 2.24) is 0 Å². The van der Waals surface area contributed by atoms with Gasteiger partial charge in [0, 0.05) is 55.6 Å². The fourth-order valence-electron chi connectivity index (χ4n) is 2.40. The Morgan fingerprint density at radius 3 is 1.62 bits per heavy atom. The molecule has 0 aliphatic heterocycles. The summed E-state index contributed by atoms with van der Waals surface area (Å²) >= 11 is 0. The zero-order valence-corrected chi connectivity index (χ0v) is 17.1. The first-order valence-corrected chi connectivity index (χ1v) is 11.1. The molecule has 0 amide bonds. The van der Waals surface area contributed by atoms with Crippen LogP contribution in [-0.4, -0.2) is 45.0 Å². The summed E-state index contributed by atoms with van der Waals surface area (Å²) in [6, 6.07) is 16.2. The normalized spacial score (nSPS) is 10.4. The van der Waals surface area contributed by atoms with Gasteiger partial charge in [0.15, 0.2) is 0 Å². The summed E-state index contributed by atoms with van der Waals surface area (Å²) in [6.45, 7) is 5.79. The van der Waals surface area contributed by atoms with Gasteiger partial charge in [0.1, 0.15) is 6.29 Å². The summed E-state index contributed by atoms with van der Waals surface area (Å²) in [6.07, 6.45) is 2.74. The van der Waals surface area contributed by atoms with Crippen LogP contribution in [0.3, 0.4) is 0 Å². The van der Waals surface area contributed by atoms with Crippen LogP contribution >= 0.6 is 21.6 Å². The van der Waals surface area contributed by atoms with Crippen LogP contribution in [0.25, 0.3) is 6.08 Å². The molecule has 0 spiro atoms. The molecule has 0 unspecified atom stereocenters. The van der Waals surface area contributed by atoms with Gasteiger partial charge in [-0.25, -0.2) is 0 Å². The van der Waals surface area contributed by atoms with Crippen molar-refractivity contribution in [3.8, 4) is 0 Å². The maximum Gasteiger partial charge on any atom is 0.150 e. The number of carbonyl (C=O) groups is 1. The molecule has 0 saturated heterocycles. The van der Waals surface area contributed by atoms with E-state index >= 15 is 0 Å². The third kappa shape index (κ3) is 6.46. The van der Waals surface area contributed by atoms with Gasteiger partial charge in [-0.15, -0.1) is 0 Å². The van der Waals surface area contributed by atoms with Gasteiger partial charge in [-0.05, 0) is 42.0 Å². The highest BCUT2D eigenvalue weighted by atomic mass is 33.1. The molecule has 0 bridgehead atoms. The van der Waals surface area contributed by atoms with Crippen molar-refractivity contribution in [1.29, 1.82) is 0 Å². The Labute approximate surface area is 164 Å². The van der Waals surface area contributed by atoms with Gasteiger partial charge in [-0.2, -0.15) is 0 Å². The maximum absolute atomic E-state index is 10.7. The zero-order chi connectivity index (χ0) is 18.8. The van der Waals surface area contributed by atoms with Crippen LogP contribution < -0.4 is 9.80 Å². The molecule has 0 radical (unpaired) electrons. The highest BCUT2D eigenvalue weighted by Gasteiger charge is 2.03. The Morgan fingerprint density at radius 1 is 0.808 bits per heavy atom.